The minimum atomic E-state index is -0.494. The summed E-state index contributed by atoms with van der Waals surface area (Å²) in [5.41, 5.74) is 2.00. The van der Waals surface area contributed by atoms with E-state index >= 15 is 0 Å². The second kappa shape index (κ2) is 8.99. The monoisotopic (exact) mass is 453 g/mol. The molecule has 31 heavy (non-hydrogen) atoms. The van der Waals surface area contributed by atoms with Gasteiger partial charge in [-0.1, -0.05) is 41.6 Å². The lowest BCUT2D eigenvalue weighted by Gasteiger charge is -2.16. The Hall–Kier alpha value is -3.03. The fourth-order valence-electron chi connectivity index (χ4n) is 3.12. The van der Waals surface area contributed by atoms with Crippen LogP contribution in [0.15, 0.2) is 75.2 Å². The summed E-state index contributed by atoms with van der Waals surface area (Å²) >= 11 is 7.32. The van der Waals surface area contributed by atoms with Crippen LogP contribution in [0.25, 0.3) is 10.9 Å². The minimum Gasteiger partial charge on any atom is -0.467 e. The number of aromatic nitrogens is 2. The molecule has 4 aromatic rings. The summed E-state index contributed by atoms with van der Waals surface area (Å²) in [7, 11) is 0. The Bertz CT molecular complexity index is 1300. The SMILES string of the molecule is Cc1ccccc1NC(=O)C(C)Sc1nc2cc(Cl)ccc2c(=O)n1Cc1ccco1. The first-order valence-electron chi connectivity index (χ1n) is 9.68. The average Bonchev–Trinajstić information content (AvgIpc) is 3.25. The molecule has 0 aliphatic carbocycles. The third kappa shape index (κ3) is 4.68. The molecular weight excluding hydrogens is 434 g/mol. The quantitative estimate of drug-likeness (QED) is 0.324. The summed E-state index contributed by atoms with van der Waals surface area (Å²) in [5.74, 6) is 0.445. The van der Waals surface area contributed by atoms with Crippen molar-refractivity contribution in [2.75, 3.05) is 5.32 Å². The number of benzene rings is 2. The number of aryl methyl sites for hydroxylation is 1. The van der Waals surface area contributed by atoms with Gasteiger partial charge in [-0.3, -0.25) is 14.2 Å². The Kier molecular flexibility index (Phi) is 6.15. The molecule has 2 aromatic heterocycles. The number of thioether (sulfide) groups is 1. The van der Waals surface area contributed by atoms with Crippen LogP contribution in [-0.4, -0.2) is 20.7 Å². The van der Waals surface area contributed by atoms with Crippen LogP contribution in [-0.2, 0) is 11.3 Å². The molecule has 4 rings (SSSR count). The fraction of sp³-hybridized carbons (Fsp3) is 0.174. The van der Waals surface area contributed by atoms with Crippen LogP contribution in [0.5, 0.6) is 0 Å². The highest BCUT2D eigenvalue weighted by atomic mass is 35.5. The predicted molar refractivity (Wildman–Crippen MR) is 124 cm³/mol. The van der Waals surface area contributed by atoms with Crippen molar-refractivity contribution >= 4 is 45.9 Å². The molecule has 0 fully saturated rings. The number of rotatable bonds is 6. The van der Waals surface area contributed by atoms with Gasteiger partial charge in [-0.05, 0) is 55.8 Å². The molecule has 0 aliphatic rings. The molecule has 0 radical (unpaired) electrons. The number of anilines is 1. The lowest BCUT2D eigenvalue weighted by molar-refractivity contribution is -0.115. The maximum absolute atomic E-state index is 13.2. The number of fused-ring (bicyclic) bond motifs is 1. The summed E-state index contributed by atoms with van der Waals surface area (Å²) in [4.78, 5) is 30.7. The summed E-state index contributed by atoms with van der Waals surface area (Å²) < 4.78 is 6.95. The number of hydrogen-bond acceptors (Lipinski definition) is 5. The number of carbonyl (C=O) groups excluding carboxylic acids is 1. The molecule has 2 aromatic carbocycles. The zero-order valence-electron chi connectivity index (χ0n) is 17.0. The van der Waals surface area contributed by atoms with Crippen LogP contribution in [0.1, 0.15) is 18.2 Å². The Labute approximate surface area is 188 Å². The Morgan fingerprint density at radius 1 is 1.23 bits per heavy atom. The van der Waals surface area contributed by atoms with Gasteiger partial charge < -0.3 is 9.73 Å². The zero-order valence-corrected chi connectivity index (χ0v) is 18.5. The Balaban J connectivity index is 1.68. The molecule has 1 atom stereocenters. The lowest BCUT2D eigenvalue weighted by atomic mass is 10.2. The second-order valence-corrected chi connectivity index (χ2v) is 8.84. The van der Waals surface area contributed by atoms with Gasteiger partial charge >= 0.3 is 0 Å². The van der Waals surface area contributed by atoms with Gasteiger partial charge in [0, 0.05) is 10.7 Å². The fourth-order valence-corrected chi connectivity index (χ4v) is 4.20. The Morgan fingerprint density at radius 2 is 2.03 bits per heavy atom. The van der Waals surface area contributed by atoms with Crippen LogP contribution in [0.4, 0.5) is 5.69 Å². The van der Waals surface area contributed by atoms with Crippen LogP contribution < -0.4 is 10.9 Å². The first-order chi connectivity index (χ1) is 14.9. The van der Waals surface area contributed by atoms with Crippen LogP contribution in [0, 0.1) is 6.92 Å². The van der Waals surface area contributed by atoms with Gasteiger partial charge in [0.15, 0.2) is 5.16 Å². The van der Waals surface area contributed by atoms with Crippen LogP contribution in [0.3, 0.4) is 0 Å². The van der Waals surface area contributed by atoms with E-state index in [4.69, 9.17) is 16.0 Å². The number of furan rings is 1. The first kappa shape index (κ1) is 21.2. The van der Waals surface area contributed by atoms with Crippen LogP contribution in [0.2, 0.25) is 5.02 Å². The van der Waals surface area contributed by atoms with Crippen molar-refractivity contribution in [1.29, 1.82) is 0 Å². The zero-order chi connectivity index (χ0) is 22.0. The summed E-state index contributed by atoms with van der Waals surface area (Å²) in [5, 5.41) is 3.81. The maximum Gasteiger partial charge on any atom is 0.262 e. The van der Waals surface area contributed by atoms with E-state index in [1.54, 1.807) is 43.5 Å². The van der Waals surface area contributed by atoms with Crippen molar-refractivity contribution in [1.82, 2.24) is 9.55 Å². The molecule has 1 amide bonds. The molecular formula is C23H20ClN3O3S. The minimum absolute atomic E-state index is 0.177. The van der Waals surface area contributed by atoms with E-state index in [1.807, 2.05) is 31.2 Å². The van der Waals surface area contributed by atoms with Crippen molar-refractivity contribution in [3.05, 3.63) is 87.6 Å². The molecule has 1 unspecified atom stereocenters. The number of amides is 1. The van der Waals surface area contributed by atoms with Gasteiger partial charge in [0.05, 0.1) is 29.0 Å². The molecule has 2 heterocycles. The van der Waals surface area contributed by atoms with E-state index < -0.39 is 5.25 Å². The van der Waals surface area contributed by atoms with E-state index in [0.29, 0.717) is 26.8 Å². The third-order valence-corrected chi connectivity index (χ3v) is 6.16. The second-order valence-electron chi connectivity index (χ2n) is 7.09. The van der Waals surface area contributed by atoms with E-state index in [0.717, 1.165) is 11.3 Å². The number of nitrogens with zero attached hydrogens (tertiary/aromatic N) is 2. The van der Waals surface area contributed by atoms with Crippen molar-refractivity contribution in [3.63, 3.8) is 0 Å². The highest BCUT2D eigenvalue weighted by Gasteiger charge is 2.21. The largest absolute Gasteiger partial charge is 0.467 e. The number of hydrogen-bond donors (Lipinski definition) is 1. The van der Waals surface area contributed by atoms with Gasteiger partial charge in [-0.15, -0.1) is 0 Å². The first-order valence-corrected chi connectivity index (χ1v) is 10.9. The molecule has 158 valence electrons. The molecule has 0 saturated carbocycles. The number of para-hydroxylation sites is 1. The van der Waals surface area contributed by atoms with Gasteiger partial charge in [0.1, 0.15) is 5.76 Å². The molecule has 0 bridgehead atoms. The highest BCUT2D eigenvalue weighted by molar-refractivity contribution is 8.00. The number of nitrogens with one attached hydrogen (secondary N) is 1. The molecule has 0 saturated heterocycles. The van der Waals surface area contributed by atoms with Gasteiger partial charge in [-0.25, -0.2) is 4.98 Å². The predicted octanol–water partition coefficient (Wildman–Crippen LogP) is 5.12. The van der Waals surface area contributed by atoms with E-state index in [1.165, 1.54) is 16.3 Å². The molecule has 0 aliphatic heterocycles. The topological polar surface area (TPSA) is 77.1 Å². The van der Waals surface area contributed by atoms with Crippen molar-refractivity contribution < 1.29 is 9.21 Å². The van der Waals surface area contributed by atoms with Crippen LogP contribution >= 0.6 is 23.4 Å². The number of carbonyl (C=O) groups is 1. The molecule has 8 heteroatoms. The molecule has 1 N–H and O–H groups in total. The maximum atomic E-state index is 13.2. The van der Waals surface area contributed by atoms with Crippen molar-refractivity contribution in [2.24, 2.45) is 0 Å². The van der Waals surface area contributed by atoms with E-state index in [2.05, 4.69) is 10.3 Å². The summed E-state index contributed by atoms with van der Waals surface area (Å²) in [6.07, 6.45) is 1.56. The van der Waals surface area contributed by atoms with Gasteiger partial charge in [0.25, 0.3) is 5.56 Å². The lowest BCUT2D eigenvalue weighted by Crippen LogP contribution is -2.27. The molecule has 6 nitrogen and oxygen atoms in total. The van der Waals surface area contributed by atoms with E-state index in [-0.39, 0.29) is 18.0 Å². The normalized spacial score (nSPS) is 12.1. The smallest absolute Gasteiger partial charge is 0.262 e. The van der Waals surface area contributed by atoms with Crippen molar-refractivity contribution in [2.45, 2.75) is 30.8 Å². The van der Waals surface area contributed by atoms with Gasteiger partial charge in [0.2, 0.25) is 5.91 Å². The van der Waals surface area contributed by atoms with Crippen molar-refractivity contribution in [3.8, 4) is 0 Å². The highest BCUT2D eigenvalue weighted by Crippen LogP contribution is 2.26. The number of halogens is 1. The van der Waals surface area contributed by atoms with Gasteiger partial charge in [-0.2, -0.15) is 0 Å². The average molecular weight is 454 g/mol. The Morgan fingerprint density at radius 3 is 2.77 bits per heavy atom. The third-order valence-electron chi connectivity index (χ3n) is 4.83. The standard InChI is InChI=1S/C23H20ClN3O3S/c1-14-6-3-4-8-19(14)25-21(28)15(2)31-23-26-20-12-16(24)9-10-18(20)22(29)27(23)13-17-7-5-11-30-17/h3-12,15H,13H2,1-2H3,(H,25,28). The van der Waals surface area contributed by atoms with E-state index in [9.17, 15) is 9.59 Å². The summed E-state index contributed by atoms with van der Waals surface area (Å²) in [6.45, 7) is 3.93. The molecule has 0 spiro atoms. The summed E-state index contributed by atoms with van der Waals surface area (Å²) in [6, 6.07) is 16.1.